The molecule has 4 rings (SSSR count). The predicted octanol–water partition coefficient (Wildman–Crippen LogP) is 1.76. The number of tetrazole rings is 1. The lowest BCUT2D eigenvalue weighted by atomic mass is 10.1. The first-order chi connectivity index (χ1) is 10.3. The van der Waals surface area contributed by atoms with E-state index >= 15 is 0 Å². The van der Waals surface area contributed by atoms with Gasteiger partial charge in [-0.25, -0.2) is 9.97 Å². The number of hydrogen-bond donors (Lipinski definition) is 1. The number of nitrogens with one attached hydrogen (secondary N) is 1. The van der Waals surface area contributed by atoms with Gasteiger partial charge in [0.15, 0.2) is 5.82 Å². The molecule has 1 unspecified atom stereocenters. The first-order valence-electron chi connectivity index (χ1n) is 7.07. The van der Waals surface area contributed by atoms with Crippen LogP contribution in [0.3, 0.4) is 0 Å². The van der Waals surface area contributed by atoms with Gasteiger partial charge in [-0.05, 0) is 18.9 Å². The van der Waals surface area contributed by atoms with Gasteiger partial charge in [-0.2, -0.15) is 5.21 Å². The van der Waals surface area contributed by atoms with E-state index in [0.29, 0.717) is 5.92 Å². The van der Waals surface area contributed by atoms with Crippen molar-refractivity contribution in [2.75, 3.05) is 18.0 Å². The van der Waals surface area contributed by atoms with Gasteiger partial charge in [0.2, 0.25) is 0 Å². The summed E-state index contributed by atoms with van der Waals surface area (Å²) in [4.78, 5) is 13.6. The molecular formula is C13H15N7S. The summed E-state index contributed by atoms with van der Waals surface area (Å²) in [5, 5.41) is 15.5. The van der Waals surface area contributed by atoms with Crippen LogP contribution < -0.4 is 4.90 Å². The maximum Gasteiger partial charge on any atom is 0.179 e. The van der Waals surface area contributed by atoms with Crippen molar-refractivity contribution in [1.29, 1.82) is 0 Å². The molecule has 0 aliphatic carbocycles. The van der Waals surface area contributed by atoms with Gasteiger partial charge in [-0.3, -0.25) is 0 Å². The summed E-state index contributed by atoms with van der Waals surface area (Å²) in [6.07, 6.45) is 3.72. The van der Waals surface area contributed by atoms with E-state index in [-0.39, 0.29) is 0 Å². The van der Waals surface area contributed by atoms with E-state index in [9.17, 15) is 0 Å². The highest BCUT2D eigenvalue weighted by Gasteiger charge is 2.29. The van der Waals surface area contributed by atoms with Gasteiger partial charge in [-0.15, -0.1) is 21.5 Å². The molecule has 0 spiro atoms. The Labute approximate surface area is 125 Å². The third kappa shape index (κ3) is 2.15. The molecule has 0 aromatic carbocycles. The predicted molar refractivity (Wildman–Crippen MR) is 80.5 cm³/mol. The Morgan fingerprint density at radius 1 is 1.43 bits per heavy atom. The van der Waals surface area contributed by atoms with E-state index in [1.165, 1.54) is 4.88 Å². The minimum absolute atomic E-state index is 0.318. The number of aryl methyl sites for hydroxylation is 1. The first-order valence-corrected chi connectivity index (χ1v) is 7.88. The lowest BCUT2D eigenvalue weighted by Gasteiger charge is -2.17. The smallest absolute Gasteiger partial charge is 0.179 e. The number of rotatable bonds is 3. The van der Waals surface area contributed by atoms with Gasteiger partial charge in [0, 0.05) is 23.9 Å². The second-order valence-electron chi connectivity index (χ2n) is 5.18. The lowest BCUT2D eigenvalue weighted by Crippen LogP contribution is -2.20. The van der Waals surface area contributed by atoms with E-state index in [2.05, 4.69) is 48.5 Å². The summed E-state index contributed by atoms with van der Waals surface area (Å²) in [6, 6.07) is 2.22. The molecule has 1 N–H and O–H groups in total. The number of H-pyrrole nitrogens is 1. The molecule has 1 aliphatic rings. The Kier molecular flexibility index (Phi) is 3.03. The van der Waals surface area contributed by atoms with Crippen LogP contribution >= 0.6 is 11.3 Å². The zero-order chi connectivity index (χ0) is 14.2. The van der Waals surface area contributed by atoms with Crippen molar-refractivity contribution in [3.63, 3.8) is 0 Å². The summed E-state index contributed by atoms with van der Waals surface area (Å²) >= 11 is 1.75. The van der Waals surface area contributed by atoms with Crippen LogP contribution in [0.25, 0.3) is 10.2 Å². The SMILES string of the molecule is CCc1cc2c(N3CCC(c4nn[nH]n4)C3)ncnc2s1. The normalized spacial score (nSPS) is 18.7. The fraction of sp³-hybridized carbons (Fsp3) is 0.462. The van der Waals surface area contributed by atoms with E-state index in [4.69, 9.17) is 0 Å². The fourth-order valence-corrected chi connectivity index (χ4v) is 3.75. The molecule has 1 atom stereocenters. The molecule has 0 amide bonds. The quantitative estimate of drug-likeness (QED) is 0.793. The molecule has 0 radical (unpaired) electrons. The molecule has 108 valence electrons. The van der Waals surface area contributed by atoms with Crippen molar-refractivity contribution in [1.82, 2.24) is 30.6 Å². The van der Waals surface area contributed by atoms with E-state index in [0.717, 1.165) is 47.8 Å². The molecule has 7 nitrogen and oxygen atoms in total. The molecular weight excluding hydrogens is 286 g/mol. The highest BCUT2D eigenvalue weighted by molar-refractivity contribution is 7.18. The maximum atomic E-state index is 4.51. The number of aromatic nitrogens is 6. The molecule has 0 saturated carbocycles. The van der Waals surface area contributed by atoms with Crippen LogP contribution in [0.2, 0.25) is 0 Å². The van der Waals surface area contributed by atoms with Crippen LogP contribution in [-0.4, -0.2) is 43.7 Å². The number of hydrogen-bond acceptors (Lipinski definition) is 7. The van der Waals surface area contributed by atoms with Gasteiger partial charge in [0.25, 0.3) is 0 Å². The second-order valence-corrected chi connectivity index (χ2v) is 6.30. The van der Waals surface area contributed by atoms with Crippen molar-refractivity contribution in [2.24, 2.45) is 0 Å². The Morgan fingerprint density at radius 2 is 2.38 bits per heavy atom. The highest BCUT2D eigenvalue weighted by atomic mass is 32.1. The average molecular weight is 301 g/mol. The van der Waals surface area contributed by atoms with Crippen LogP contribution in [0, 0.1) is 0 Å². The van der Waals surface area contributed by atoms with Gasteiger partial charge in [0.05, 0.1) is 5.39 Å². The Morgan fingerprint density at radius 3 is 3.19 bits per heavy atom. The maximum absolute atomic E-state index is 4.51. The van der Waals surface area contributed by atoms with Gasteiger partial charge >= 0.3 is 0 Å². The number of anilines is 1. The third-order valence-corrected chi connectivity index (χ3v) is 5.11. The summed E-state index contributed by atoms with van der Waals surface area (Å²) in [5.74, 6) is 2.14. The number of nitrogens with zero attached hydrogens (tertiary/aromatic N) is 6. The minimum Gasteiger partial charge on any atom is -0.355 e. The van der Waals surface area contributed by atoms with Gasteiger partial charge < -0.3 is 4.90 Å². The second kappa shape index (κ2) is 5.03. The molecule has 3 aromatic rings. The number of aromatic amines is 1. The molecule has 21 heavy (non-hydrogen) atoms. The summed E-state index contributed by atoms with van der Waals surface area (Å²) in [5.41, 5.74) is 0. The van der Waals surface area contributed by atoms with Crippen LogP contribution in [-0.2, 0) is 6.42 Å². The highest BCUT2D eigenvalue weighted by Crippen LogP contribution is 2.34. The molecule has 4 heterocycles. The first kappa shape index (κ1) is 12.6. The monoisotopic (exact) mass is 301 g/mol. The zero-order valence-electron chi connectivity index (χ0n) is 11.7. The Hall–Kier alpha value is -2.09. The third-order valence-electron chi connectivity index (χ3n) is 3.92. The van der Waals surface area contributed by atoms with Crippen molar-refractivity contribution in [2.45, 2.75) is 25.7 Å². The summed E-state index contributed by atoms with van der Waals surface area (Å²) in [7, 11) is 0. The topological polar surface area (TPSA) is 83.5 Å². The largest absolute Gasteiger partial charge is 0.355 e. The van der Waals surface area contributed by atoms with Gasteiger partial charge in [-0.1, -0.05) is 12.1 Å². The summed E-state index contributed by atoms with van der Waals surface area (Å²) < 4.78 is 0. The lowest BCUT2D eigenvalue weighted by molar-refractivity contribution is 0.711. The summed E-state index contributed by atoms with van der Waals surface area (Å²) in [6.45, 7) is 4.01. The Balaban J connectivity index is 1.66. The molecule has 1 aliphatic heterocycles. The van der Waals surface area contributed by atoms with Crippen LogP contribution in [0.1, 0.15) is 30.0 Å². The molecule has 3 aromatic heterocycles. The van der Waals surface area contributed by atoms with Gasteiger partial charge in [0.1, 0.15) is 17.0 Å². The van der Waals surface area contributed by atoms with Crippen molar-refractivity contribution in [3.8, 4) is 0 Å². The van der Waals surface area contributed by atoms with E-state index in [1.54, 1.807) is 17.7 Å². The van der Waals surface area contributed by atoms with Crippen LogP contribution in [0.4, 0.5) is 5.82 Å². The standard InChI is InChI=1S/C13H15N7S/c1-2-9-5-10-12(14-7-15-13(10)21-9)20-4-3-8(6-20)11-16-18-19-17-11/h5,7-8H,2-4,6H2,1H3,(H,16,17,18,19). The number of fused-ring (bicyclic) bond motifs is 1. The van der Waals surface area contributed by atoms with E-state index < -0.39 is 0 Å². The Bertz CT molecular complexity index is 751. The van der Waals surface area contributed by atoms with Crippen molar-refractivity contribution in [3.05, 3.63) is 23.1 Å². The molecule has 8 heteroatoms. The van der Waals surface area contributed by atoms with Crippen LogP contribution in [0.15, 0.2) is 12.4 Å². The zero-order valence-corrected chi connectivity index (χ0v) is 12.5. The molecule has 0 bridgehead atoms. The number of thiophene rings is 1. The van der Waals surface area contributed by atoms with Crippen molar-refractivity contribution < 1.29 is 0 Å². The van der Waals surface area contributed by atoms with Crippen LogP contribution in [0.5, 0.6) is 0 Å². The molecule has 1 fully saturated rings. The van der Waals surface area contributed by atoms with Crippen molar-refractivity contribution >= 4 is 27.4 Å². The average Bonchev–Trinajstić information content (AvgIpc) is 3.24. The molecule has 1 saturated heterocycles. The minimum atomic E-state index is 0.318. The fourth-order valence-electron chi connectivity index (χ4n) is 2.83. The van der Waals surface area contributed by atoms with E-state index in [1.807, 2.05) is 0 Å².